The molecule has 0 fully saturated rings. The van der Waals surface area contributed by atoms with E-state index in [0.717, 1.165) is 22.0 Å². The van der Waals surface area contributed by atoms with Crippen molar-refractivity contribution >= 4 is 46.4 Å². The number of thioether (sulfide) groups is 1. The van der Waals surface area contributed by atoms with E-state index >= 15 is 0 Å². The van der Waals surface area contributed by atoms with Crippen LogP contribution < -0.4 is 5.32 Å². The van der Waals surface area contributed by atoms with Gasteiger partial charge >= 0.3 is 18.0 Å². The van der Waals surface area contributed by atoms with Gasteiger partial charge in [0.15, 0.2) is 0 Å². The molecule has 1 unspecified atom stereocenters. The quantitative estimate of drug-likeness (QED) is 0.367. The van der Waals surface area contributed by atoms with Gasteiger partial charge in [-0.1, -0.05) is 17.7 Å². The minimum atomic E-state index is -1.82. The van der Waals surface area contributed by atoms with Crippen molar-refractivity contribution in [3.05, 3.63) is 76.2 Å². The Morgan fingerprint density at radius 2 is 1.77 bits per heavy atom. The zero-order chi connectivity index (χ0) is 25.9. The number of aryl methyl sites for hydroxylation is 1. The van der Waals surface area contributed by atoms with Crippen LogP contribution >= 0.6 is 11.8 Å². The van der Waals surface area contributed by atoms with Gasteiger partial charge in [0, 0.05) is 48.5 Å². The number of amides is 1. The lowest BCUT2D eigenvalue weighted by Crippen LogP contribution is -2.28. The summed E-state index contributed by atoms with van der Waals surface area (Å²) in [5.74, 6) is -3.76. The normalized spacial score (nSPS) is 14.4. The van der Waals surface area contributed by atoms with Crippen molar-refractivity contribution in [1.29, 1.82) is 0 Å². The van der Waals surface area contributed by atoms with E-state index in [0.29, 0.717) is 17.0 Å². The summed E-state index contributed by atoms with van der Waals surface area (Å²) in [5.41, 5.74) is 4.53. The Hall–Kier alpha value is -4.12. The summed E-state index contributed by atoms with van der Waals surface area (Å²) in [6.07, 6.45) is 3.52. The first-order valence-electron chi connectivity index (χ1n) is 10.4. The van der Waals surface area contributed by atoms with Crippen molar-refractivity contribution in [1.82, 2.24) is 19.8 Å². The average Bonchev–Trinajstić information content (AvgIpc) is 3.41. The standard InChI is InChI=1S/C22H22N4O2S.C2H2O4/c1-13-7-8-18-16(10-13)19(14(2)26(18)22(28)25(3)4)20(27)17-12-29-21(24-17)15-6-5-9-23-11-15;3-1(4)2(5)6/h5-12,21,24H,1-4H3;(H,3,4)(H,5,6). The van der Waals surface area contributed by atoms with Crippen LogP contribution in [0.3, 0.4) is 0 Å². The van der Waals surface area contributed by atoms with Crippen LogP contribution in [0.4, 0.5) is 4.79 Å². The highest BCUT2D eigenvalue weighted by atomic mass is 32.2. The molecule has 2 aromatic heterocycles. The lowest BCUT2D eigenvalue weighted by atomic mass is 10.0. The Kier molecular flexibility index (Phi) is 7.60. The minimum Gasteiger partial charge on any atom is -0.473 e. The molecule has 11 heteroatoms. The molecule has 182 valence electrons. The van der Waals surface area contributed by atoms with Gasteiger partial charge < -0.3 is 20.4 Å². The number of hydrogen-bond acceptors (Lipinski definition) is 7. The number of hydrogen-bond donors (Lipinski definition) is 3. The first-order chi connectivity index (χ1) is 16.5. The molecule has 0 aliphatic carbocycles. The van der Waals surface area contributed by atoms with Crippen LogP contribution in [-0.4, -0.2) is 62.5 Å². The van der Waals surface area contributed by atoms with Gasteiger partial charge in [-0.2, -0.15) is 0 Å². The molecule has 1 aliphatic rings. The molecule has 0 saturated carbocycles. The Bertz CT molecular complexity index is 1340. The lowest BCUT2D eigenvalue weighted by molar-refractivity contribution is -0.159. The summed E-state index contributed by atoms with van der Waals surface area (Å²) in [6.45, 7) is 3.81. The van der Waals surface area contributed by atoms with Crippen molar-refractivity contribution in [3.8, 4) is 0 Å². The van der Waals surface area contributed by atoms with E-state index in [9.17, 15) is 9.59 Å². The van der Waals surface area contributed by atoms with Crippen molar-refractivity contribution in [3.63, 3.8) is 0 Å². The second-order valence-corrected chi connectivity index (χ2v) is 8.89. The number of aromatic nitrogens is 2. The molecule has 3 heterocycles. The number of fused-ring (bicyclic) bond motifs is 1. The largest absolute Gasteiger partial charge is 0.473 e. The highest BCUT2D eigenvalue weighted by Crippen LogP contribution is 2.36. The maximum atomic E-state index is 13.5. The summed E-state index contributed by atoms with van der Waals surface area (Å²) in [7, 11) is 3.42. The van der Waals surface area contributed by atoms with Gasteiger partial charge in [-0.15, -0.1) is 11.8 Å². The molecule has 35 heavy (non-hydrogen) atoms. The van der Waals surface area contributed by atoms with Crippen molar-refractivity contribution in [2.24, 2.45) is 0 Å². The molecular weight excluding hydrogens is 472 g/mol. The van der Waals surface area contributed by atoms with E-state index < -0.39 is 11.9 Å². The molecule has 0 radical (unpaired) electrons. The highest BCUT2D eigenvalue weighted by molar-refractivity contribution is 8.02. The fourth-order valence-electron chi connectivity index (χ4n) is 3.56. The molecule has 1 amide bonds. The molecule has 3 aromatic rings. The number of rotatable bonds is 3. The summed E-state index contributed by atoms with van der Waals surface area (Å²) >= 11 is 1.54. The van der Waals surface area contributed by atoms with Crippen LogP contribution in [0.1, 0.15) is 32.6 Å². The number of carbonyl (C=O) groups excluding carboxylic acids is 2. The molecule has 4 rings (SSSR count). The van der Waals surface area contributed by atoms with Gasteiger partial charge in [0.2, 0.25) is 5.78 Å². The second kappa shape index (κ2) is 10.4. The van der Waals surface area contributed by atoms with Gasteiger partial charge in [0.1, 0.15) is 5.37 Å². The molecule has 10 nitrogen and oxygen atoms in total. The molecule has 0 spiro atoms. The third-order valence-electron chi connectivity index (χ3n) is 5.18. The van der Waals surface area contributed by atoms with Gasteiger partial charge in [-0.25, -0.2) is 14.4 Å². The third kappa shape index (κ3) is 5.35. The lowest BCUT2D eigenvalue weighted by Gasteiger charge is -2.14. The molecule has 0 saturated heterocycles. The van der Waals surface area contributed by atoms with E-state index in [-0.39, 0.29) is 17.2 Å². The Balaban J connectivity index is 0.000000509. The number of nitrogens with zero attached hydrogens (tertiary/aromatic N) is 3. The van der Waals surface area contributed by atoms with Crippen molar-refractivity contribution in [2.75, 3.05) is 14.1 Å². The predicted octanol–water partition coefficient (Wildman–Crippen LogP) is 3.40. The summed E-state index contributed by atoms with van der Waals surface area (Å²) in [6, 6.07) is 9.51. The molecule has 0 bridgehead atoms. The zero-order valence-electron chi connectivity index (χ0n) is 19.5. The number of nitrogens with one attached hydrogen (secondary N) is 1. The molecular formula is C24H24N4O6S. The average molecular weight is 497 g/mol. The van der Waals surface area contributed by atoms with Crippen LogP contribution in [-0.2, 0) is 9.59 Å². The number of carboxylic acids is 2. The highest BCUT2D eigenvalue weighted by Gasteiger charge is 2.29. The second-order valence-electron chi connectivity index (χ2n) is 7.91. The van der Waals surface area contributed by atoms with E-state index in [2.05, 4.69) is 10.3 Å². The maximum Gasteiger partial charge on any atom is 0.414 e. The first kappa shape index (κ1) is 25.5. The monoisotopic (exact) mass is 496 g/mol. The van der Waals surface area contributed by atoms with Crippen LogP contribution in [0.5, 0.6) is 0 Å². The maximum absolute atomic E-state index is 13.5. The molecule has 1 aliphatic heterocycles. The SMILES string of the molecule is Cc1ccc2c(c1)c(C(=O)C1=CSC(c3cccnc3)N1)c(C)n2C(=O)N(C)C.O=C(O)C(=O)O. The van der Waals surface area contributed by atoms with Crippen LogP contribution in [0, 0.1) is 13.8 Å². The van der Waals surface area contributed by atoms with Crippen molar-refractivity contribution < 1.29 is 29.4 Å². The number of ketones is 1. The van der Waals surface area contributed by atoms with E-state index in [4.69, 9.17) is 19.8 Å². The Morgan fingerprint density at radius 3 is 2.34 bits per heavy atom. The number of pyridine rings is 1. The van der Waals surface area contributed by atoms with Gasteiger partial charge in [0.25, 0.3) is 0 Å². The number of carboxylic acid groups (broad SMARTS) is 2. The number of aliphatic carboxylic acids is 2. The van der Waals surface area contributed by atoms with Crippen LogP contribution in [0.15, 0.2) is 53.8 Å². The van der Waals surface area contributed by atoms with Gasteiger partial charge in [-0.3, -0.25) is 14.3 Å². The third-order valence-corrected chi connectivity index (χ3v) is 6.22. The number of carbonyl (C=O) groups is 4. The van der Waals surface area contributed by atoms with E-state index in [1.807, 2.05) is 49.6 Å². The topological polar surface area (TPSA) is 142 Å². The number of allylic oxidation sites excluding steroid dienone is 1. The molecule has 1 atom stereocenters. The fourth-order valence-corrected chi connectivity index (χ4v) is 4.50. The zero-order valence-corrected chi connectivity index (χ0v) is 20.3. The summed E-state index contributed by atoms with van der Waals surface area (Å²) in [4.78, 5) is 50.1. The van der Waals surface area contributed by atoms with Crippen molar-refractivity contribution in [2.45, 2.75) is 19.2 Å². The van der Waals surface area contributed by atoms with Gasteiger partial charge in [0.05, 0.1) is 16.8 Å². The Morgan fingerprint density at radius 1 is 1.09 bits per heavy atom. The van der Waals surface area contributed by atoms with E-state index in [1.165, 1.54) is 4.90 Å². The molecule has 1 aromatic carbocycles. The summed E-state index contributed by atoms with van der Waals surface area (Å²) in [5, 5.41) is 20.7. The predicted molar refractivity (Wildman–Crippen MR) is 131 cm³/mol. The van der Waals surface area contributed by atoms with Crippen LogP contribution in [0.25, 0.3) is 10.9 Å². The number of benzene rings is 1. The number of Topliss-reactive ketones (excluding diaryl/α,β-unsaturated/α-hetero) is 1. The summed E-state index contributed by atoms with van der Waals surface area (Å²) < 4.78 is 1.61. The van der Waals surface area contributed by atoms with E-state index in [1.54, 1.807) is 42.8 Å². The minimum absolute atomic E-state index is 0.0542. The fraction of sp³-hybridized carbons (Fsp3) is 0.208. The Labute approximate surface area is 205 Å². The smallest absolute Gasteiger partial charge is 0.414 e. The van der Waals surface area contributed by atoms with Crippen LogP contribution in [0.2, 0.25) is 0 Å². The first-order valence-corrected chi connectivity index (χ1v) is 11.3. The van der Waals surface area contributed by atoms with Gasteiger partial charge in [-0.05, 0) is 32.0 Å². The molecule has 3 N–H and O–H groups in total.